The number of halogens is 1. The Morgan fingerprint density at radius 1 is 1.19 bits per heavy atom. The van der Waals surface area contributed by atoms with Crippen LogP contribution in [-0.4, -0.2) is 5.33 Å². The summed E-state index contributed by atoms with van der Waals surface area (Å²) in [5.41, 5.74) is 4.80. The lowest BCUT2D eigenvalue weighted by Crippen LogP contribution is -2.22. The van der Waals surface area contributed by atoms with Gasteiger partial charge in [0, 0.05) is 5.33 Å². The van der Waals surface area contributed by atoms with Gasteiger partial charge in [0.15, 0.2) is 0 Å². The quantitative estimate of drug-likeness (QED) is 0.663. The molecule has 1 rings (SSSR count). The Hall–Kier alpha value is -0.300. The van der Waals surface area contributed by atoms with E-state index >= 15 is 0 Å². The van der Waals surface area contributed by atoms with Crippen molar-refractivity contribution in [2.75, 3.05) is 5.33 Å². The van der Waals surface area contributed by atoms with Gasteiger partial charge in [-0.3, -0.25) is 0 Å². The molecular formula is C15H23Br. The summed E-state index contributed by atoms with van der Waals surface area (Å²) < 4.78 is 0. The lowest BCUT2D eigenvalue weighted by atomic mass is 9.79. The van der Waals surface area contributed by atoms with Crippen LogP contribution in [-0.2, 0) is 6.42 Å². The first-order valence-corrected chi connectivity index (χ1v) is 7.25. The summed E-state index contributed by atoms with van der Waals surface area (Å²) in [6.07, 6.45) is 3.73. The van der Waals surface area contributed by atoms with Crippen molar-refractivity contribution in [1.82, 2.24) is 0 Å². The molecule has 0 aliphatic carbocycles. The third-order valence-electron chi connectivity index (χ3n) is 3.42. The Morgan fingerprint density at radius 3 is 2.19 bits per heavy atom. The third kappa shape index (κ3) is 3.35. The maximum atomic E-state index is 3.68. The number of hydrogen-bond donors (Lipinski definition) is 0. The predicted octanol–water partition coefficient (Wildman–Crippen LogP) is 5.05. The molecule has 0 aliphatic heterocycles. The molecule has 1 unspecified atom stereocenters. The van der Waals surface area contributed by atoms with E-state index in [1.165, 1.54) is 36.0 Å². The van der Waals surface area contributed by atoms with Gasteiger partial charge in [0.2, 0.25) is 0 Å². The van der Waals surface area contributed by atoms with E-state index in [9.17, 15) is 0 Å². The van der Waals surface area contributed by atoms with Crippen molar-refractivity contribution in [3.8, 4) is 0 Å². The van der Waals surface area contributed by atoms with Crippen molar-refractivity contribution in [2.24, 2.45) is 5.41 Å². The molecule has 0 amide bonds. The molecule has 0 saturated heterocycles. The Labute approximate surface area is 109 Å². The first-order valence-electron chi connectivity index (χ1n) is 6.13. The fourth-order valence-corrected chi connectivity index (χ4v) is 2.84. The zero-order chi connectivity index (χ0) is 12.2. The molecule has 0 aromatic heterocycles. The fraction of sp³-hybridized carbons (Fsp3) is 0.600. The van der Waals surface area contributed by atoms with Crippen LogP contribution in [0.5, 0.6) is 0 Å². The van der Waals surface area contributed by atoms with E-state index in [1.807, 2.05) is 0 Å². The summed E-state index contributed by atoms with van der Waals surface area (Å²) in [6, 6.07) is 6.60. The van der Waals surface area contributed by atoms with Crippen LogP contribution in [0.2, 0.25) is 0 Å². The van der Waals surface area contributed by atoms with Crippen LogP contribution in [0, 0.1) is 19.3 Å². The number of alkyl halides is 1. The minimum Gasteiger partial charge on any atom is -0.0922 e. The smallest absolute Gasteiger partial charge is 0.00885 e. The van der Waals surface area contributed by atoms with Crippen molar-refractivity contribution in [1.29, 1.82) is 0 Å². The van der Waals surface area contributed by atoms with Gasteiger partial charge < -0.3 is 0 Å². The Morgan fingerprint density at radius 2 is 1.75 bits per heavy atom. The molecular weight excluding hydrogens is 260 g/mol. The summed E-state index contributed by atoms with van der Waals surface area (Å²) in [4.78, 5) is 0. The minimum absolute atomic E-state index is 0.394. The highest BCUT2D eigenvalue weighted by molar-refractivity contribution is 9.09. The topological polar surface area (TPSA) is 0 Å². The van der Waals surface area contributed by atoms with Gasteiger partial charge in [-0.1, -0.05) is 54.4 Å². The van der Waals surface area contributed by atoms with E-state index in [2.05, 4.69) is 61.8 Å². The zero-order valence-corrected chi connectivity index (χ0v) is 12.5. The van der Waals surface area contributed by atoms with Gasteiger partial charge in [0.1, 0.15) is 0 Å². The molecule has 0 N–H and O–H groups in total. The van der Waals surface area contributed by atoms with Crippen LogP contribution in [0.15, 0.2) is 18.2 Å². The van der Waals surface area contributed by atoms with E-state index in [0.29, 0.717) is 5.41 Å². The maximum absolute atomic E-state index is 3.68. The molecule has 0 aliphatic rings. The van der Waals surface area contributed by atoms with Gasteiger partial charge in [-0.2, -0.15) is 0 Å². The number of rotatable bonds is 5. The van der Waals surface area contributed by atoms with Gasteiger partial charge in [-0.15, -0.1) is 0 Å². The zero-order valence-electron chi connectivity index (χ0n) is 10.9. The molecule has 0 bridgehead atoms. The highest BCUT2D eigenvalue weighted by Crippen LogP contribution is 2.32. The fourth-order valence-electron chi connectivity index (χ4n) is 2.36. The van der Waals surface area contributed by atoms with Crippen molar-refractivity contribution < 1.29 is 0 Å². The molecule has 1 aromatic rings. The van der Waals surface area contributed by atoms with Crippen molar-refractivity contribution in [3.05, 3.63) is 34.9 Å². The molecule has 90 valence electrons. The molecule has 0 spiro atoms. The van der Waals surface area contributed by atoms with Gasteiger partial charge in [-0.05, 0) is 48.8 Å². The summed E-state index contributed by atoms with van der Waals surface area (Å²) in [5, 5.41) is 1.08. The highest BCUT2D eigenvalue weighted by atomic mass is 79.9. The summed E-state index contributed by atoms with van der Waals surface area (Å²) >= 11 is 3.68. The van der Waals surface area contributed by atoms with Gasteiger partial charge >= 0.3 is 0 Å². The van der Waals surface area contributed by atoms with Crippen LogP contribution in [0.1, 0.15) is 43.4 Å². The van der Waals surface area contributed by atoms with E-state index in [1.54, 1.807) is 0 Å². The molecule has 0 radical (unpaired) electrons. The lowest BCUT2D eigenvalue weighted by Gasteiger charge is -2.28. The molecule has 0 heterocycles. The molecule has 0 nitrogen and oxygen atoms in total. The Kier molecular flexibility index (Phi) is 5.04. The minimum atomic E-state index is 0.394. The molecule has 1 heteroatoms. The first kappa shape index (κ1) is 13.8. The van der Waals surface area contributed by atoms with Crippen LogP contribution >= 0.6 is 15.9 Å². The van der Waals surface area contributed by atoms with E-state index in [4.69, 9.17) is 0 Å². The van der Waals surface area contributed by atoms with Gasteiger partial charge in [0.05, 0.1) is 0 Å². The van der Waals surface area contributed by atoms with Crippen molar-refractivity contribution in [2.45, 2.75) is 47.0 Å². The summed E-state index contributed by atoms with van der Waals surface area (Å²) in [6.45, 7) is 9.11. The average molecular weight is 283 g/mol. The van der Waals surface area contributed by atoms with Gasteiger partial charge in [-0.25, -0.2) is 0 Å². The van der Waals surface area contributed by atoms with Crippen molar-refractivity contribution >= 4 is 15.9 Å². The predicted molar refractivity (Wildman–Crippen MR) is 76.4 cm³/mol. The van der Waals surface area contributed by atoms with E-state index < -0.39 is 0 Å². The van der Waals surface area contributed by atoms with Crippen LogP contribution in [0.3, 0.4) is 0 Å². The maximum Gasteiger partial charge on any atom is 0.00885 e. The highest BCUT2D eigenvalue weighted by Gasteiger charge is 2.23. The average Bonchev–Trinajstić information content (AvgIpc) is 2.24. The number of hydrogen-bond acceptors (Lipinski definition) is 0. The monoisotopic (exact) mass is 282 g/mol. The summed E-state index contributed by atoms with van der Waals surface area (Å²) in [7, 11) is 0. The SMILES string of the molecule is CCCC(C)(CBr)Cc1c(C)cccc1C. The van der Waals surface area contributed by atoms with E-state index in [-0.39, 0.29) is 0 Å². The molecule has 16 heavy (non-hydrogen) atoms. The Bertz CT molecular complexity index is 323. The molecule has 1 aromatic carbocycles. The first-order chi connectivity index (χ1) is 7.52. The largest absolute Gasteiger partial charge is 0.0922 e. The second-order valence-corrected chi connectivity index (χ2v) is 5.80. The van der Waals surface area contributed by atoms with Crippen LogP contribution in [0.25, 0.3) is 0 Å². The Balaban J connectivity index is 2.94. The second-order valence-electron chi connectivity index (χ2n) is 5.24. The number of benzene rings is 1. The molecule has 1 atom stereocenters. The van der Waals surface area contributed by atoms with Crippen LogP contribution < -0.4 is 0 Å². The molecule has 0 fully saturated rings. The molecule has 0 saturated carbocycles. The van der Waals surface area contributed by atoms with Gasteiger partial charge in [0.25, 0.3) is 0 Å². The standard InChI is InChI=1S/C15H23Br/c1-5-9-15(4,11-16)10-14-12(2)7-6-8-13(14)3/h6-8H,5,9-11H2,1-4H3. The normalized spacial score (nSPS) is 14.8. The van der Waals surface area contributed by atoms with Crippen molar-refractivity contribution in [3.63, 3.8) is 0 Å². The second kappa shape index (κ2) is 5.86. The van der Waals surface area contributed by atoms with Crippen LogP contribution in [0.4, 0.5) is 0 Å². The number of aryl methyl sites for hydroxylation is 2. The summed E-state index contributed by atoms with van der Waals surface area (Å²) in [5.74, 6) is 0. The lowest BCUT2D eigenvalue weighted by molar-refractivity contribution is 0.339. The van der Waals surface area contributed by atoms with E-state index in [0.717, 1.165) is 5.33 Å². The third-order valence-corrected chi connectivity index (χ3v) is 4.78.